The fourth-order valence-corrected chi connectivity index (χ4v) is 6.38. The summed E-state index contributed by atoms with van der Waals surface area (Å²) in [5, 5.41) is 10.0. The molecule has 4 aliphatic rings. The van der Waals surface area contributed by atoms with E-state index in [0.29, 0.717) is 11.2 Å². The van der Waals surface area contributed by atoms with Crippen LogP contribution in [0, 0.1) is 5.41 Å². The molecule has 2 aromatic heterocycles. The summed E-state index contributed by atoms with van der Waals surface area (Å²) in [6.07, 6.45) is 2.06. The maximum Gasteiger partial charge on any atom is 0.226 e. The zero-order valence-electron chi connectivity index (χ0n) is 19.0. The van der Waals surface area contributed by atoms with Gasteiger partial charge in [-0.25, -0.2) is 4.98 Å². The van der Waals surface area contributed by atoms with Crippen LogP contribution in [-0.4, -0.2) is 68.4 Å². The number of benzene rings is 1. The van der Waals surface area contributed by atoms with Gasteiger partial charge in [-0.15, -0.1) is 0 Å². The van der Waals surface area contributed by atoms with Crippen LogP contribution in [0.15, 0.2) is 30.6 Å². The number of aliphatic hydroxyl groups is 1. The Kier molecular flexibility index (Phi) is 4.40. The Balaban J connectivity index is 1.20. The van der Waals surface area contributed by atoms with Crippen LogP contribution in [0.2, 0.25) is 5.28 Å². The predicted octanol–water partition coefficient (Wildman–Crippen LogP) is 2.49. The van der Waals surface area contributed by atoms with Crippen molar-refractivity contribution in [3.63, 3.8) is 0 Å². The molecular weight excluding hydrogens is 458 g/mol. The third-order valence-electron chi connectivity index (χ3n) is 7.56. The van der Waals surface area contributed by atoms with Crippen LogP contribution < -0.4 is 4.90 Å². The fraction of sp³-hybridized carbons (Fsp3) is 0.542. The van der Waals surface area contributed by atoms with Crippen LogP contribution in [0.25, 0.3) is 11.2 Å². The predicted molar refractivity (Wildman–Crippen MR) is 124 cm³/mol. The lowest BCUT2D eigenvalue weighted by Gasteiger charge is -2.49. The highest BCUT2D eigenvalue weighted by atomic mass is 35.5. The Hall–Kier alpha value is -2.30. The smallest absolute Gasteiger partial charge is 0.226 e. The third-order valence-corrected chi connectivity index (χ3v) is 7.73. The van der Waals surface area contributed by atoms with Crippen LogP contribution >= 0.6 is 11.6 Å². The monoisotopic (exact) mass is 483 g/mol. The molecule has 0 bridgehead atoms. The number of anilines is 1. The Bertz CT molecular complexity index is 1260. The zero-order chi connectivity index (χ0) is 23.2. The maximum atomic E-state index is 9.84. The molecule has 0 saturated carbocycles. The van der Waals surface area contributed by atoms with E-state index in [9.17, 15) is 5.11 Å². The first kappa shape index (κ1) is 21.0. The van der Waals surface area contributed by atoms with E-state index >= 15 is 0 Å². The van der Waals surface area contributed by atoms with Crippen molar-refractivity contribution >= 4 is 28.6 Å². The second kappa shape index (κ2) is 7.11. The Morgan fingerprint density at radius 2 is 1.79 bits per heavy atom. The third kappa shape index (κ3) is 3.04. The van der Waals surface area contributed by atoms with Gasteiger partial charge in [-0.1, -0.05) is 24.3 Å². The standard InChI is InChI=1S/C24H26ClN5O4/c1-23(2)33-17-15(9-31)32-21(18(17)34-23)30-12-26-16-19(27-22(25)28-20(16)30)29-10-24(11-29)7-13-5-3-4-6-14(13)8-24/h3-6,12,15,17-18,21,31H,7-11H2,1-2H3/t15-,17?,18?,21-/m1/s1. The minimum atomic E-state index is -0.760. The van der Waals surface area contributed by atoms with E-state index in [0.717, 1.165) is 31.7 Å². The summed E-state index contributed by atoms with van der Waals surface area (Å²) in [5.74, 6) is -0.0171. The van der Waals surface area contributed by atoms with Gasteiger partial charge in [-0.3, -0.25) is 4.57 Å². The van der Waals surface area contributed by atoms with Gasteiger partial charge in [0.1, 0.15) is 18.3 Å². The molecule has 1 aliphatic carbocycles. The molecule has 0 radical (unpaired) electrons. The van der Waals surface area contributed by atoms with Gasteiger partial charge in [0.2, 0.25) is 5.28 Å². The lowest BCUT2D eigenvalue weighted by Crippen LogP contribution is -2.57. The van der Waals surface area contributed by atoms with E-state index in [1.165, 1.54) is 11.1 Å². The molecule has 0 amide bonds. The Labute approximate surface area is 201 Å². The molecule has 5 heterocycles. The molecule has 3 aliphatic heterocycles. The number of rotatable bonds is 3. The lowest BCUT2D eigenvalue weighted by molar-refractivity contribution is -0.199. The highest BCUT2D eigenvalue weighted by molar-refractivity contribution is 6.28. The summed E-state index contributed by atoms with van der Waals surface area (Å²) in [6, 6.07) is 8.70. The van der Waals surface area contributed by atoms with Crippen molar-refractivity contribution in [2.45, 2.75) is 57.0 Å². The van der Waals surface area contributed by atoms with Crippen LogP contribution in [-0.2, 0) is 27.1 Å². The Morgan fingerprint density at radius 3 is 2.50 bits per heavy atom. The highest BCUT2D eigenvalue weighted by Crippen LogP contribution is 2.47. The van der Waals surface area contributed by atoms with Gasteiger partial charge in [-0.2, -0.15) is 9.97 Å². The number of aliphatic hydroxyl groups excluding tert-OH is 1. The van der Waals surface area contributed by atoms with Gasteiger partial charge in [0, 0.05) is 18.5 Å². The highest BCUT2D eigenvalue weighted by Gasteiger charge is 2.56. The summed E-state index contributed by atoms with van der Waals surface area (Å²) in [7, 11) is 0. The lowest BCUT2D eigenvalue weighted by atomic mass is 9.77. The molecule has 2 unspecified atom stereocenters. The summed E-state index contributed by atoms with van der Waals surface area (Å²) in [5.41, 5.74) is 4.41. The van der Waals surface area contributed by atoms with Crippen LogP contribution in [0.1, 0.15) is 31.2 Å². The van der Waals surface area contributed by atoms with Crippen molar-refractivity contribution in [1.82, 2.24) is 19.5 Å². The Morgan fingerprint density at radius 1 is 1.09 bits per heavy atom. The number of aromatic nitrogens is 4. The molecule has 178 valence electrons. The molecule has 1 spiro atoms. The van der Waals surface area contributed by atoms with Gasteiger partial charge >= 0.3 is 0 Å². The van der Waals surface area contributed by atoms with E-state index in [-0.39, 0.29) is 23.4 Å². The van der Waals surface area contributed by atoms with Gasteiger partial charge in [-0.05, 0) is 49.4 Å². The molecule has 1 N–H and O–H groups in total. The molecule has 1 aromatic carbocycles. The van der Waals surface area contributed by atoms with E-state index in [2.05, 4.69) is 44.1 Å². The molecule has 34 heavy (non-hydrogen) atoms. The minimum absolute atomic E-state index is 0.164. The number of hydrogen-bond acceptors (Lipinski definition) is 8. The van der Waals surface area contributed by atoms with Gasteiger partial charge in [0.05, 0.1) is 12.9 Å². The molecule has 9 nitrogen and oxygen atoms in total. The normalized spacial score (nSPS) is 30.6. The first-order valence-corrected chi connectivity index (χ1v) is 12.1. The van der Waals surface area contributed by atoms with Gasteiger partial charge < -0.3 is 24.2 Å². The largest absolute Gasteiger partial charge is 0.394 e. The van der Waals surface area contributed by atoms with Crippen molar-refractivity contribution in [3.8, 4) is 0 Å². The van der Waals surface area contributed by atoms with Gasteiger partial charge in [0.25, 0.3) is 0 Å². The van der Waals surface area contributed by atoms with Crippen molar-refractivity contribution in [1.29, 1.82) is 0 Å². The topological polar surface area (TPSA) is 94.8 Å². The molecule has 3 aromatic rings. The second-order valence-electron chi connectivity index (χ2n) is 10.4. The van der Waals surface area contributed by atoms with Crippen molar-refractivity contribution in [2.24, 2.45) is 5.41 Å². The summed E-state index contributed by atoms with van der Waals surface area (Å²) in [4.78, 5) is 16.0. The van der Waals surface area contributed by atoms with Crippen LogP contribution in [0.5, 0.6) is 0 Å². The van der Waals surface area contributed by atoms with Gasteiger partial charge in [0.15, 0.2) is 29.0 Å². The summed E-state index contributed by atoms with van der Waals surface area (Å²) >= 11 is 6.39. The van der Waals surface area contributed by atoms with E-state index in [1.807, 2.05) is 18.4 Å². The van der Waals surface area contributed by atoms with Crippen LogP contribution in [0.3, 0.4) is 0 Å². The molecule has 7 rings (SSSR count). The number of hydrogen-bond donors (Lipinski definition) is 1. The number of imidazole rings is 1. The SMILES string of the molecule is CC1(C)OC2C(O1)[C@@H](CO)O[C@H]2n1cnc2c(N3CC4(Cc5ccccc5C4)C3)nc(Cl)nc21. The molecular formula is C24H26ClN5O4. The maximum absolute atomic E-state index is 9.84. The summed E-state index contributed by atoms with van der Waals surface area (Å²) in [6.45, 7) is 5.36. The zero-order valence-corrected chi connectivity index (χ0v) is 19.8. The average molecular weight is 484 g/mol. The van der Waals surface area contributed by atoms with Crippen molar-refractivity contribution < 1.29 is 19.3 Å². The molecule has 3 fully saturated rings. The average Bonchev–Trinajstić information content (AvgIpc) is 3.51. The van der Waals surface area contributed by atoms with E-state index < -0.39 is 24.2 Å². The molecule has 4 atom stereocenters. The van der Waals surface area contributed by atoms with E-state index in [4.69, 9.17) is 25.8 Å². The number of ether oxygens (including phenoxy) is 3. The fourth-order valence-electron chi connectivity index (χ4n) is 6.22. The number of halogens is 1. The molecule has 3 saturated heterocycles. The quantitative estimate of drug-likeness (QED) is 0.568. The second-order valence-corrected chi connectivity index (χ2v) is 10.8. The van der Waals surface area contributed by atoms with Crippen molar-refractivity contribution in [3.05, 3.63) is 47.0 Å². The first-order valence-electron chi connectivity index (χ1n) is 11.7. The molecule has 10 heteroatoms. The summed E-state index contributed by atoms with van der Waals surface area (Å²) < 4.78 is 20.1. The number of fused-ring (bicyclic) bond motifs is 3. The van der Waals surface area contributed by atoms with E-state index in [1.54, 1.807) is 6.33 Å². The number of nitrogens with zero attached hydrogens (tertiary/aromatic N) is 5. The minimum Gasteiger partial charge on any atom is -0.394 e. The van der Waals surface area contributed by atoms with Crippen molar-refractivity contribution in [2.75, 3.05) is 24.6 Å². The first-order chi connectivity index (χ1) is 16.3. The van der Waals surface area contributed by atoms with Crippen LogP contribution in [0.4, 0.5) is 5.82 Å².